The highest BCUT2D eigenvalue weighted by atomic mass is 32.2. The van der Waals surface area contributed by atoms with Gasteiger partial charge in [0.15, 0.2) is 17.3 Å². The molecule has 0 radical (unpaired) electrons. The van der Waals surface area contributed by atoms with Crippen LogP contribution < -0.4 is 9.47 Å². The number of ketones is 3. The van der Waals surface area contributed by atoms with Gasteiger partial charge in [-0.1, -0.05) is 42.1 Å². The van der Waals surface area contributed by atoms with E-state index in [1.165, 1.54) is 14.2 Å². The minimum Gasteiger partial charge on any atom is -0.507 e. The van der Waals surface area contributed by atoms with E-state index < -0.39 is 29.4 Å². The lowest BCUT2D eigenvalue weighted by Gasteiger charge is -2.37. The van der Waals surface area contributed by atoms with Crippen LogP contribution >= 0.6 is 11.8 Å². The number of rotatable bonds is 4. The Kier molecular flexibility index (Phi) is 7.26. The number of fused-ring (bicyclic) bond motifs is 8. The predicted octanol–water partition coefficient (Wildman–Crippen LogP) is 6.15. The van der Waals surface area contributed by atoms with E-state index in [1.807, 2.05) is 13.0 Å². The minimum atomic E-state index is -1.35. The van der Waals surface area contributed by atoms with Crippen LogP contribution in [0.15, 0.2) is 70.5 Å². The van der Waals surface area contributed by atoms with Crippen molar-refractivity contribution in [3.63, 3.8) is 0 Å². The highest BCUT2D eigenvalue weighted by Crippen LogP contribution is 2.53. The number of ether oxygens (including phenoxy) is 2. The summed E-state index contributed by atoms with van der Waals surface area (Å²) in [5.74, 6) is -0.863. The number of benzene rings is 5. The largest absolute Gasteiger partial charge is 0.507 e. The second kappa shape index (κ2) is 11.3. The van der Waals surface area contributed by atoms with E-state index in [1.54, 1.807) is 61.5 Å². The molecule has 0 saturated heterocycles. The monoisotopic (exact) mass is 688 g/mol. The van der Waals surface area contributed by atoms with Gasteiger partial charge in [-0.3, -0.25) is 14.4 Å². The Balaban J connectivity index is 1.44. The Hall–Kier alpha value is -5.00. The van der Waals surface area contributed by atoms with Gasteiger partial charge in [0.2, 0.25) is 0 Å². The van der Waals surface area contributed by atoms with Crippen molar-refractivity contribution in [3.05, 3.63) is 122 Å². The van der Waals surface area contributed by atoms with Crippen molar-refractivity contribution < 1.29 is 44.3 Å². The number of aryl methyl sites for hydroxylation is 1. The van der Waals surface area contributed by atoms with Gasteiger partial charge in [-0.2, -0.15) is 0 Å². The maximum absolute atomic E-state index is 14.6. The van der Waals surface area contributed by atoms with Crippen LogP contribution in [0, 0.1) is 6.92 Å². The molecule has 0 amide bonds. The van der Waals surface area contributed by atoms with Crippen LogP contribution in [0.1, 0.15) is 101 Å². The smallest absolute Gasteiger partial charge is 0.199 e. The van der Waals surface area contributed by atoms with Gasteiger partial charge in [-0.25, -0.2) is 0 Å². The van der Waals surface area contributed by atoms with Gasteiger partial charge in [0.05, 0.1) is 25.4 Å². The lowest BCUT2D eigenvalue weighted by molar-refractivity contribution is 0.0404. The van der Waals surface area contributed by atoms with Crippen LogP contribution in [0.25, 0.3) is 10.8 Å². The fourth-order valence-corrected chi connectivity index (χ4v) is 9.28. The molecule has 0 aliphatic heterocycles. The van der Waals surface area contributed by atoms with E-state index in [2.05, 4.69) is 0 Å². The van der Waals surface area contributed by atoms with Gasteiger partial charge in [-0.15, -0.1) is 0 Å². The van der Waals surface area contributed by atoms with Crippen LogP contribution in [0.4, 0.5) is 0 Å². The molecule has 8 rings (SSSR count). The van der Waals surface area contributed by atoms with Crippen molar-refractivity contribution in [1.82, 2.24) is 0 Å². The number of hydrogen-bond donors (Lipinski definition) is 4. The lowest BCUT2D eigenvalue weighted by atomic mass is 9.72. The Bertz CT molecular complexity index is 2370. The Labute approximate surface area is 291 Å². The maximum atomic E-state index is 14.6. The molecule has 10 heteroatoms. The number of aliphatic hydroxyl groups is 3. The van der Waals surface area contributed by atoms with Crippen molar-refractivity contribution in [1.29, 1.82) is 0 Å². The summed E-state index contributed by atoms with van der Waals surface area (Å²) in [5, 5.41) is 47.1. The first-order valence-corrected chi connectivity index (χ1v) is 16.9. The van der Waals surface area contributed by atoms with Crippen molar-refractivity contribution in [2.24, 2.45) is 0 Å². The Morgan fingerprint density at radius 3 is 2.22 bits per heavy atom. The SMILES string of the molecule is COc1cccc2c1C(=O)c1c(Sc3cc4c(c5c3[C@H](O)c3c(OC)cccc3[C@@H]5O)C(=O)C[C@](C)(O)C4)cc3cc(C)cc(O)c3c1C2=O. The van der Waals surface area contributed by atoms with Gasteiger partial charge in [-0.05, 0) is 66.3 Å². The molecule has 5 aromatic rings. The van der Waals surface area contributed by atoms with Crippen molar-refractivity contribution in [2.75, 3.05) is 14.2 Å². The van der Waals surface area contributed by atoms with Crippen LogP contribution in [0.2, 0.25) is 0 Å². The van der Waals surface area contributed by atoms with Gasteiger partial charge < -0.3 is 29.9 Å². The van der Waals surface area contributed by atoms with Crippen molar-refractivity contribution in [3.8, 4) is 17.2 Å². The van der Waals surface area contributed by atoms with Gasteiger partial charge >= 0.3 is 0 Å². The van der Waals surface area contributed by atoms with Gasteiger partial charge in [0.25, 0.3) is 0 Å². The summed E-state index contributed by atoms with van der Waals surface area (Å²) in [5.41, 5.74) is 1.71. The average molecular weight is 689 g/mol. The number of hydrogen-bond acceptors (Lipinski definition) is 10. The molecule has 5 aromatic carbocycles. The second-order valence-electron chi connectivity index (χ2n) is 13.4. The van der Waals surface area contributed by atoms with E-state index in [-0.39, 0.29) is 74.5 Å². The number of phenolic OH excluding ortho intramolecular Hbond substituents is 1. The minimum absolute atomic E-state index is 0.0470. The van der Waals surface area contributed by atoms with E-state index in [9.17, 15) is 34.8 Å². The molecule has 252 valence electrons. The summed E-state index contributed by atoms with van der Waals surface area (Å²) in [6.45, 7) is 3.39. The summed E-state index contributed by atoms with van der Waals surface area (Å²) in [4.78, 5) is 43.4. The molecular formula is C40H32O9S. The quantitative estimate of drug-likeness (QED) is 0.170. The number of carbonyl (C=O) groups excluding carboxylic acids is 3. The Morgan fingerprint density at radius 1 is 0.760 bits per heavy atom. The van der Waals surface area contributed by atoms with Crippen molar-refractivity contribution >= 4 is 39.9 Å². The Morgan fingerprint density at radius 2 is 1.48 bits per heavy atom. The number of Topliss-reactive ketones (excluding diaryl/α,β-unsaturated/α-hetero) is 1. The number of phenols is 1. The fourth-order valence-electron chi connectivity index (χ4n) is 8.02. The summed E-state index contributed by atoms with van der Waals surface area (Å²) in [6.07, 6.45) is -2.72. The molecule has 9 nitrogen and oxygen atoms in total. The number of methoxy groups -OCH3 is 2. The molecule has 0 unspecified atom stereocenters. The van der Waals surface area contributed by atoms with E-state index in [0.717, 1.165) is 17.3 Å². The molecule has 0 spiro atoms. The molecule has 0 saturated carbocycles. The van der Waals surface area contributed by atoms with E-state index >= 15 is 0 Å². The molecule has 50 heavy (non-hydrogen) atoms. The third kappa shape index (κ3) is 4.56. The average Bonchev–Trinajstić information content (AvgIpc) is 3.07. The molecular weight excluding hydrogens is 656 g/mol. The first-order chi connectivity index (χ1) is 23.8. The van der Waals surface area contributed by atoms with Gasteiger partial charge in [0.1, 0.15) is 29.5 Å². The van der Waals surface area contributed by atoms with Crippen LogP contribution in [-0.2, 0) is 6.42 Å². The maximum Gasteiger partial charge on any atom is 0.199 e. The molecule has 3 atom stereocenters. The first kappa shape index (κ1) is 32.2. The first-order valence-electron chi connectivity index (χ1n) is 16.1. The zero-order valence-electron chi connectivity index (χ0n) is 27.6. The molecule has 0 fully saturated rings. The lowest BCUT2D eigenvalue weighted by Crippen LogP contribution is -2.37. The third-order valence-electron chi connectivity index (χ3n) is 9.99. The van der Waals surface area contributed by atoms with Crippen molar-refractivity contribution in [2.45, 2.75) is 54.3 Å². The molecule has 3 aliphatic carbocycles. The predicted molar refractivity (Wildman–Crippen MR) is 185 cm³/mol. The van der Waals surface area contributed by atoms with E-state index in [0.29, 0.717) is 37.6 Å². The number of aliphatic hydroxyl groups excluding tert-OH is 2. The fraction of sp³-hybridized carbons (Fsp3) is 0.225. The summed E-state index contributed by atoms with van der Waals surface area (Å²) in [7, 11) is 2.88. The van der Waals surface area contributed by atoms with Crippen LogP contribution in [0.5, 0.6) is 17.2 Å². The topological polar surface area (TPSA) is 151 Å². The molecule has 0 aromatic heterocycles. The number of carbonyl (C=O) groups is 3. The second-order valence-corrected chi connectivity index (χ2v) is 14.5. The molecule has 4 N–H and O–H groups in total. The molecule has 3 aliphatic rings. The van der Waals surface area contributed by atoms with Gasteiger partial charge in [0, 0.05) is 67.0 Å². The van der Waals surface area contributed by atoms with Crippen LogP contribution in [-0.4, -0.2) is 57.6 Å². The molecule has 0 bridgehead atoms. The third-order valence-corrected chi connectivity index (χ3v) is 11.1. The number of aromatic hydroxyl groups is 1. The summed E-state index contributed by atoms with van der Waals surface area (Å²) in [6, 6.07) is 16.6. The highest BCUT2D eigenvalue weighted by molar-refractivity contribution is 7.99. The van der Waals surface area contributed by atoms with Crippen LogP contribution in [0.3, 0.4) is 0 Å². The normalized spacial score (nSPS) is 20.5. The molecule has 0 heterocycles. The van der Waals surface area contributed by atoms with E-state index in [4.69, 9.17) is 9.47 Å². The summed E-state index contributed by atoms with van der Waals surface area (Å²) < 4.78 is 11.1. The zero-order valence-corrected chi connectivity index (χ0v) is 28.4. The standard InChI is InChI=1S/C40H32O9S/c1-17-11-18-13-26(32-34(28(18)22(41)12-17)36(43)20-7-5-9-24(48-3)30(20)38(32)45)50-27-14-19-15-40(2,47)16-23(42)29(19)35-33(27)39(46)31-21(37(35)44)8-6-10-25(31)49-4/h5-14,37,39,41,44,46-47H,15-16H2,1-4H3/t37-,39+,40+/m0/s1. The summed E-state index contributed by atoms with van der Waals surface area (Å²) >= 11 is 1.11. The highest BCUT2D eigenvalue weighted by Gasteiger charge is 2.43. The zero-order chi connectivity index (χ0) is 35.4.